The summed E-state index contributed by atoms with van der Waals surface area (Å²) >= 11 is 9.54. The quantitative estimate of drug-likeness (QED) is 0.291. The second-order valence-electron chi connectivity index (χ2n) is 6.12. The van der Waals surface area contributed by atoms with E-state index in [4.69, 9.17) is 17.0 Å². The average molecular weight is 532 g/mol. The summed E-state index contributed by atoms with van der Waals surface area (Å²) in [4.78, 5) is 25.4. The van der Waals surface area contributed by atoms with Crippen LogP contribution in [0.5, 0.6) is 5.75 Å². The highest BCUT2D eigenvalue weighted by Crippen LogP contribution is 2.39. The molecule has 2 aromatic rings. The summed E-state index contributed by atoms with van der Waals surface area (Å²) < 4.78 is 49.5. The minimum atomic E-state index is -4.53. The molecule has 0 unspecified atom stereocenters. The zero-order valence-electron chi connectivity index (χ0n) is 15.7. The molecule has 0 bridgehead atoms. The molecule has 0 atom stereocenters. The second kappa shape index (κ2) is 9.41. The average Bonchev–Trinajstić information content (AvgIpc) is 2.99. The van der Waals surface area contributed by atoms with Crippen molar-refractivity contribution in [1.29, 1.82) is 0 Å². The lowest BCUT2D eigenvalue weighted by atomic mass is 10.1. The number of halogens is 4. The maximum absolute atomic E-state index is 13.0. The highest BCUT2D eigenvalue weighted by Gasteiger charge is 2.36. The standard InChI is InChI=1S/C20H13BrF3NO4S2/c1-28-17(26)10-29-15-6-5-11(7-14(15)21)8-16-18(27)25(19(30)31-16)13-4-2-3-12(9-13)20(22,23)24/h2-9H,10H2,1H3/b16-8-. The third-order valence-corrected chi connectivity index (χ3v) is 5.97. The first kappa shape index (κ1) is 23.3. The number of thiocarbonyl (C=S) groups is 1. The smallest absolute Gasteiger partial charge is 0.416 e. The first-order chi connectivity index (χ1) is 14.6. The van der Waals surface area contributed by atoms with Gasteiger partial charge in [0.2, 0.25) is 0 Å². The minimum absolute atomic E-state index is 0.0495. The van der Waals surface area contributed by atoms with Crippen LogP contribution >= 0.6 is 39.9 Å². The third kappa shape index (κ3) is 5.46. The van der Waals surface area contributed by atoms with Crippen LogP contribution < -0.4 is 9.64 Å². The van der Waals surface area contributed by atoms with E-state index in [1.165, 1.54) is 19.2 Å². The monoisotopic (exact) mass is 531 g/mol. The maximum Gasteiger partial charge on any atom is 0.416 e. The van der Waals surface area contributed by atoms with Crippen LogP contribution in [0.4, 0.5) is 18.9 Å². The minimum Gasteiger partial charge on any atom is -0.481 e. The fraction of sp³-hybridized carbons (Fsp3) is 0.150. The number of hydrogen-bond acceptors (Lipinski definition) is 6. The molecule has 162 valence electrons. The van der Waals surface area contributed by atoms with Gasteiger partial charge in [-0.2, -0.15) is 13.2 Å². The van der Waals surface area contributed by atoms with Gasteiger partial charge in [-0.15, -0.1) is 0 Å². The molecular formula is C20H13BrF3NO4S2. The van der Waals surface area contributed by atoms with Crippen molar-refractivity contribution in [3.05, 3.63) is 63.0 Å². The van der Waals surface area contributed by atoms with Crippen LogP contribution in [0.3, 0.4) is 0 Å². The highest BCUT2D eigenvalue weighted by atomic mass is 79.9. The van der Waals surface area contributed by atoms with Gasteiger partial charge in [-0.05, 0) is 57.9 Å². The summed E-state index contributed by atoms with van der Waals surface area (Å²) in [5.41, 5.74) is -0.190. The molecule has 0 N–H and O–H groups in total. The van der Waals surface area contributed by atoms with Crippen molar-refractivity contribution >= 4 is 67.9 Å². The third-order valence-electron chi connectivity index (χ3n) is 4.05. The van der Waals surface area contributed by atoms with Gasteiger partial charge >= 0.3 is 12.1 Å². The summed E-state index contributed by atoms with van der Waals surface area (Å²) in [6.07, 6.45) is -2.96. The molecule has 3 rings (SSSR count). The maximum atomic E-state index is 13.0. The summed E-state index contributed by atoms with van der Waals surface area (Å²) in [6, 6.07) is 9.37. The van der Waals surface area contributed by atoms with Crippen molar-refractivity contribution in [1.82, 2.24) is 0 Å². The van der Waals surface area contributed by atoms with Gasteiger partial charge in [0.1, 0.15) is 5.75 Å². The van der Waals surface area contributed by atoms with E-state index >= 15 is 0 Å². The van der Waals surface area contributed by atoms with Crippen LogP contribution in [-0.2, 0) is 20.5 Å². The predicted molar refractivity (Wildman–Crippen MR) is 119 cm³/mol. The molecule has 1 aliphatic heterocycles. The molecule has 2 aromatic carbocycles. The van der Waals surface area contributed by atoms with Crippen LogP contribution in [-0.4, -0.2) is 29.9 Å². The van der Waals surface area contributed by atoms with E-state index in [2.05, 4.69) is 20.7 Å². The molecular weight excluding hydrogens is 519 g/mol. The Bertz CT molecular complexity index is 1090. The van der Waals surface area contributed by atoms with E-state index in [0.717, 1.165) is 28.8 Å². The molecule has 0 saturated carbocycles. The van der Waals surface area contributed by atoms with E-state index in [-0.39, 0.29) is 21.5 Å². The number of esters is 1. The summed E-state index contributed by atoms with van der Waals surface area (Å²) in [5, 5.41) is 0. The molecule has 0 radical (unpaired) electrons. The molecule has 1 saturated heterocycles. The molecule has 31 heavy (non-hydrogen) atoms. The number of alkyl halides is 3. The molecule has 0 aromatic heterocycles. The number of methoxy groups -OCH3 is 1. The molecule has 1 fully saturated rings. The predicted octanol–water partition coefficient (Wildman–Crippen LogP) is 5.43. The molecule has 1 aliphatic rings. The lowest BCUT2D eigenvalue weighted by molar-refractivity contribution is -0.143. The van der Waals surface area contributed by atoms with E-state index < -0.39 is 23.6 Å². The van der Waals surface area contributed by atoms with Crippen molar-refractivity contribution < 1.29 is 32.2 Å². The Morgan fingerprint density at radius 2 is 2.00 bits per heavy atom. The van der Waals surface area contributed by atoms with Crippen molar-refractivity contribution in [3.63, 3.8) is 0 Å². The zero-order valence-corrected chi connectivity index (χ0v) is 19.0. The fourth-order valence-corrected chi connectivity index (χ4v) is 4.39. The lowest BCUT2D eigenvalue weighted by Crippen LogP contribution is -2.27. The van der Waals surface area contributed by atoms with Gasteiger partial charge in [0.25, 0.3) is 5.91 Å². The highest BCUT2D eigenvalue weighted by molar-refractivity contribution is 9.10. The van der Waals surface area contributed by atoms with Gasteiger partial charge in [0.15, 0.2) is 10.9 Å². The Morgan fingerprint density at radius 1 is 1.26 bits per heavy atom. The zero-order chi connectivity index (χ0) is 22.8. The van der Waals surface area contributed by atoms with Crippen LogP contribution in [0.2, 0.25) is 0 Å². The van der Waals surface area contributed by atoms with Gasteiger partial charge in [0, 0.05) is 0 Å². The number of amides is 1. The SMILES string of the molecule is COC(=O)COc1ccc(/C=C2\SC(=S)N(c3cccc(C(F)(F)F)c3)C2=O)cc1Br. The van der Waals surface area contributed by atoms with Crippen LogP contribution in [0.1, 0.15) is 11.1 Å². The Balaban J connectivity index is 1.82. The van der Waals surface area contributed by atoms with E-state index in [1.54, 1.807) is 24.3 Å². The Morgan fingerprint density at radius 3 is 2.65 bits per heavy atom. The number of nitrogens with zero attached hydrogens (tertiary/aromatic N) is 1. The van der Waals surface area contributed by atoms with E-state index in [0.29, 0.717) is 15.8 Å². The number of rotatable bonds is 5. The molecule has 0 spiro atoms. The molecule has 0 aliphatic carbocycles. The van der Waals surface area contributed by atoms with Crippen molar-refractivity contribution in [2.75, 3.05) is 18.6 Å². The van der Waals surface area contributed by atoms with E-state index in [1.807, 2.05) is 0 Å². The molecule has 1 heterocycles. The van der Waals surface area contributed by atoms with Gasteiger partial charge < -0.3 is 9.47 Å². The number of benzene rings is 2. The lowest BCUT2D eigenvalue weighted by Gasteiger charge is -2.16. The summed E-state index contributed by atoms with van der Waals surface area (Å²) in [6.45, 7) is -0.260. The van der Waals surface area contributed by atoms with Gasteiger partial charge in [-0.3, -0.25) is 9.69 Å². The number of carbonyl (C=O) groups is 2. The Labute approximate surface area is 193 Å². The van der Waals surface area contributed by atoms with Gasteiger partial charge in [-0.1, -0.05) is 36.1 Å². The van der Waals surface area contributed by atoms with Gasteiger partial charge in [-0.25, -0.2) is 4.79 Å². The van der Waals surface area contributed by atoms with Crippen LogP contribution in [0.15, 0.2) is 51.8 Å². The largest absolute Gasteiger partial charge is 0.481 e. The van der Waals surface area contributed by atoms with Crippen LogP contribution in [0, 0.1) is 0 Å². The van der Waals surface area contributed by atoms with Crippen molar-refractivity contribution in [2.24, 2.45) is 0 Å². The van der Waals surface area contributed by atoms with Crippen LogP contribution in [0.25, 0.3) is 6.08 Å². The second-order valence-corrected chi connectivity index (χ2v) is 8.65. The number of thioether (sulfide) groups is 1. The molecule has 1 amide bonds. The molecule has 5 nitrogen and oxygen atoms in total. The summed E-state index contributed by atoms with van der Waals surface area (Å²) in [7, 11) is 1.25. The van der Waals surface area contributed by atoms with E-state index in [9.17, 15) is 22.8 Å². The van der Waals surface area contributed by atoms with Gasteiger partial charge in [0.05, 0.1) is 27.7 Å². The van der Waals surface area contributed by atoms with Crippen molar-refractivity contribution in [2.45, 2.75) is 6.18 Å². The first-order valence-corrected chi connectivity index (χ1v) is 10.6. The number of carbonyl (C=O) groups excluding carboxylic acids is 2. The first-order valence-electron chi connectivity index (χ1n) is 8.54. The number of anilines is 1. The Hall–Kier alpha value is -2.37. The fourth-order valence-electron chi connectivity index (χ4n) is 2.58. The number of hydrogen-bond donors (Lipinski definition) is 0. The topological polar surface area (TPSA) is 55.8 Å². The Kier molecular flexibility index (Phi) is 7.07. The normalized spacial score (nSPS) is 15.5. The van der Waals surface area contributed by atoms with Crippen molar-refractivity contribution in [3.8, 4) is 5.75 Å². The summed E-state index contributed by atoms with van der Waals surface area (Å²) in [5.74, 6) is -0.648. The molecule has 11 heteroatoms. The number of ether oxygens (including phenoxy) is 2.